The second kappa shape index (κ2) is 5.30. The van der Waals surface area contributed by atoms with Crippen LogP contribution in [0.2, 0.25) is 0 Å². The molecule has 1 aliphatic heterocycles. The monoisotopic (exact) mass is 338 g/mol. The molecule has 2 aromatic rings. The zero-order valence-electron chi connectivity index (χ0n) is 13.8. The molecule has 0 bridgehead atoms. The topological polar surface area (TPSA) is 75.1 Å². The van der Waals surface area contributed by atoms with Gasteiger partial charge in [0.1, 0.15) is 11.9 Å². The van der Waals surface area contributed by atoms with Crippen LogP contribution >= 0.6 is 0 Å². The number of rotatable bonds is 2. The molecule has 25 heavy (non-hydrogen) atoms. The third-order valence-electron chi connectivity index (χ3n) is 4.65. The molecule has 0 spiro atoms. The van der Waals surface area contributed by atoms with Gasteiger partial charge in [-0.1, -0.05) is 18.2 Å². The molecule has 2 heterocycles. The van der Waals surface area contributed by atoms with E-state index in [2.05, 4.69) is 4.98 Å². The highest BCUT2D eigenvalue weighted by Crippen LogP contribution is 2.46. The Morgan fingerprint density at radius 1 is 1.52 bits per heavy atom. The fourth-order valence-electron chi connectivity index (χ4n) is 3.55. The van der Waals surface area contributed by atoms with Gasteiger partial charge >= 0.3 is 5.97 Å². The summed E-state index contributed by atoms with van der Waals surface area (Å²) >= 11 is 0. The fraction of sp³-hybridized carbons (Fsp3) is 0.263. The number of esters is 1. The van der Waals surface area contributed by atoms with E-state index in [0.717, 1.165) is 5.56 Å². The Balaban J connectivity index is 2.07. The van der Waals surface area contributed by atoms with Gasteiger partial charge in [0.15, 0.2) is 0 Å². The Hall–Kier alpha value is -2.91. The lowest BCUT2D eigenvalue weighted by Crippen LogP contribution is -2.42. The number of nitrogens with one attached hydrogen (secondary N) is 1. The number of carbonyl (C=O) groups excluding carboxylic acids is 1. The summed E-state index contributed by atoms with van der Waals surface area (Å²) in [6.07, 6.45) is 5.93. The summed E-state index contributed by atoms with van der Waals surface area (Å²) in [7, 11) is 0. The predicted molar refractivity (Wildman–Crippen MR) is 88.0 cm³/mol. The second-order valence-electron chi connectivity index (χ2n) is 6.18. The molecular formula is C19H15FN2O3. The van der Waals surface area contributed by atoms with Crippen molar-refractivity contribution in [2.24, 2.45) is 0 Å². The molecule has 1 aromatic carbocycles. The molecule has 1 aliphatic carbocycles. The van der Waals surface area contributed by atoms with E-state index in [1.54, 1.807) is 6.92 Å². The maximum absolute atomic E-state index is 14.3. The highest BCUT2D eigenvalue weighted by atomic mass is 19.1. The predicted octanol–water partition coefficient (Wildman–Crippen LogP) is 3.27. The first-order valence-corrected chi connectivity index (χ1v) is 7.94. The van der Waals surface area contributed by atoms with E-state index in [1.807, 2.05) is 24.3 Å². The first kappa shape index (κ1) is 15.6. The normalized spacial score (nSPS) is 21.3. The van der Waals surface area contributed by atoms with Crippen LogP contribution in [0.15, 0.2) is 29.9 Å². The number of H-pyrrole nitrogens is 1. The van der Waals surface area contributed by atoms with Crippen LogP contribution in [0.1, 0.15) is 29.3 Å². The average Bonchev–Trinajstić information content (AvgIpc) is 2.87. The smallest absolute Gasteiger partial charge is 0.305 e. The van der Waals surface area contributed by atoms with Crippen molar-refractivity contribution in [1.29, 1.82) is 5.26 Å². The molecule has 6 heteroatoms. The van der Waals surface area contributed by atoms with Crippen molar-refractivity contribution >= 4 is 16.9 Å². The van der Waals surface area contributed by atoms with Crippen LogP contribution in [0.25, 0.3) is 10.9 Å². The van der Waals surface area contributed by atoms with Crippen LogP contribution in [-0.4, -0.2) is 17.6 Å². The summed E-state index contributed by atoms with van der Waals surface area (Å²) in [6.45, 7) is 3.38. The van der Waals surface area contributed by atoms with Crippen molar-refractivity contribution in [2.75, 3.05) is 6.61 Å². The number of aromatic nitrogens is 1. The molecule has 0 saturated heterocycles. The Morgan fingerprint density at radius 3 is 2.88 bits per heavy atom. The Morgan fingerprint density at radius 2 is 2.28 bits per heavy atom. The quantitative estimate of drug-likeness (QED) is 0.853. The van der Waals surface area contributed by atoms with E-state index in [-0.39, 0.29) is 5.56 Å². The zero-order chi connectivity index (χ0) is 17.8. The minimum absolute atomic E-state index is 0.00476. The largest absolute Gasteiger partial charge is 0.422 e. The number of hydrogen-bond donors (Lipinski definition) is 1. The van der Waals surface area contributed by atoms with Gasteiger partial charge in [-0.3, -0.25) is 4.79 Å². The molecule has 1 aromatic heterocycles. The summed E-state index contributed by atoms with van der Waals surface area (Å²) < 4.78 is 25.8. The van der Waals surface area contributed by atoms with Crippen molar-refractivity contribution in [3.05, 3.63) is 58.1 Å². The Bertz CT molecular complexity index is 1030. The van der Waals surface area contributed by atoms with Gasteiger partial charge in [0.05, 0.1) is 23.4 Å². The zero-order valence-corrected chi connectivity index (χ0v) is 13.8. The minimum atomic E-state index is -1.39. The molecule has 0 amide bonds. The van der Waals surface area contributed by atoms with Crippen LogP contribution in [0.5, 0.6) is 0 Å². The van der Waals surface area contributed by atoms with E-state index in [0.29, 0.717) is 40.8 Å². The summed E-state index contributed by atoms with van der Waals surface area (Å²) in [5.74, 6) is -2.43. The number of nitrogens with zero attached hydrogens (tertiary/aromatic N) is 1. The van der Waals surface area contributed by atoms with Crippen molar-refractivity contribution in [3.8, 4) is 6.07 Å². The third-order valence-corrected chi connectivity index (χ3v) is 4.65. The maximum Gasteiger partial charge on any atom is 0.305 e. The fourth-order valence-corrected chi connectivity index (χ4v) is 3.55. The number of ether oxygens (including phenoxy) is 2. The van der Waals surface area contributed by atoms with Crippen LogP contribution in [0.3, 0.4) is 0 Å². The van der Waals surface area contributed by atoms with Gasteiger partial charge in [-0.2, -0.15) is 5.26 Å². The summed E-state index contributed by atoms with van der Waals surface area (Å²) in [5, 5.41) is 9.97. The number of halogens is 1. The van der Waals surface area contributed by atoms with Crippen molar-refractivity contribution in [2.45, 2.75) is 26.1 Å². The van der Waals surface area contributed by atoms with E-state index < -0.39 is 17.6 Å². The molecule has 1 N–H and O–H groups in total. The van der Waals surface area contributed by atoms with Crippen molar-refractivity contribution in [3.63, 3.8) is 0 Å². The van der Waals surface area contributed by atoms with E-state index in [4.69, 9.17) is 9.47 Å². The lowest BCUT2D eigenvalue weighted by atomic mass is 9.89. The number of allylic oxidation sites excluding steroid dienone is 2. The Labute approximate surface area is 143 Å². The van der Waals surface area contributed by atoms with Crippen molar-refractivity contribution < 1.29 is 18.7 Å². The molecule has 0 radical (unpaired) electrons. The van der Waals surface area contributed by atoms with E-state index >= 15 is 0 Å². The van der Waals surface area contributed by atoms with Crippen LogP contribution in [-0.2, 0) is 26.5 Å². The van der Waals surface area contributed by atoms with Gasteiger partial charge in [0, 0.05) is 17.9 Å². The number of fused-ring (bicyclic) bond motifs is 3. The number of hydrogen-bond acceptors (Lipinski definition) is 4. The minimum Gasteiger partial charge on any atom is -0.422 e. The van der Waals surface area contributed by atoms with Gasteiger partial charge < -0.3 is 14.5 Å². The highest BCUT2D eigenvalue weighted by molar-refractivity contribution is 5.93. The number of aryl methyl sites for hydroxylation is 1. The lowest BCUT2D eigenvalue weighted by Gasteiger charge is -2.38. The number of nitriles is 1. The molecule has 2 aliphatic rings. The van der Waals surface area contributed by atoms with Crippen LogP contribution in [0, 0.1) is 24.1 Å². The van der Waals surface area contributed by atoms with Gasteiger partial charge in [-0.25, -0.2) is 4.39 Å². The molecule has 1 unspecified atom stereocenters. The molecule has 4 rings (SSSR count). The highest BCUT2D eigenvalue weighted by Gasteiger charge is 2.47. The summed E-state index contributed by atoms with van der Waals surface area (Å²) in [4.78, 5) is 15.0. The molecule has 0 saturated carbocycles. The average molecular weight is 338 g/mol. The summed E-state index contributed by atoms with van der Waals surface area (Å²) in [5.41, 5.74) is 3.33. The van der Waals surface area contributed by atoms with Gasteiger partial charge in [0.25, 0.3) is 5.79 Å². The molecule has 0 fully saturated rings. The van der Waals surface area contributed by atoms with Crippen LogP contribution in [0.4, 0.5) is 4.39 Å². The first-order chi connectivity index (χ1) is 12.0. The molecular weight excluding hydrogens is 323 g/mol. The standard InChI is InChI=1S/C19H15FN2O3/c1-10-8-15(20)14(9-21)16-13-6-7-24-19(25-11(2)23,12-4-3-5-12)18(13)22-17(10)16/h3-5,8,22H,6-7H2,1-2H3. The number of aromatic amines is 1. The first-order valence-electron chi connectivity index (χ1n) is 7.94. The molecule has 126 valence electrons. The molecule has 1 atom stereocenters. The number of carbonyl (C=O) groups is 1. The van der Waals surface area contributed by atoms with Crippen LogP contribution < -0.4 is 0 Å². The lowest BCUT2D eigenvalue weighted by molar-refractivity contribution is -0.223. The Kier molecular flexibility index (Phi) is 3.31. The third kappa shape index (κ3) is 2.06. The second-order valence-corrected chi connectivity index (χ2v) is 6.18. The van der Waals surface area contributed by atoms with Gasteiger partial charge in [-0.05, 0) is 30.5 Å². The van der Waals surface area contributed by atoms with E-state index in [9.17, 15) is 14.4 Å². The van der Waals surface area contributed by atoms with Gasteiger partial charge in [0.2, 0.25) is 0 Å². The summed E-state index contributed by atoms with van der Waals surface area (Å²) in [6, 6.07) is 3.29. The SMILES string of the molecule is CC(=O)OC1(C2=CC=C2)OCCc2c1[nH]c1c(C)cc(F)c(C#N)c21. The number of benzene rings is 1. The molecule has 5 nitrogen and oxygen atoms in total. The van der Waals surface area contributed by atoms with E-state index in [1.165, 1.54) is 13.0 Å². The van der Waals surface area contributed by atoms with Crippen molar-refractivity contribution in [1.82, 2.24) is 4.98 Å². The van der Waals surface area contributed by atoms with Gasteiger partial charge in [-0.15, -0.1) is 0 Å². The maximum atomic E-state index is 14.3.